The molecule has 0 spiro atoms. The van der Waals surface area contributed by atoms with Crippen LogP contribution in [0.15, 0.2) is 47.4 Å². The van der Waals surface area contributed by atoms with Gasteiger partial charge >= 0.3 is 0 Å². The van der Waals surface area contributed by atoms with E-state index in [1.165, 1.54) is 0 Å². The van der Waals surface area contributed by atoms with Crippen LogP contribution in [0.1, 0.15) is 11.1 Å². The van der Waals surface area contributed by atoms with Gasteiger partial charge in [0.05, 0.1) is 48.1 Å². The second-order valence-corrected chi connectivity index (χ2v) is 12.6. The van der Waals surface area contributed by atoms with E-state index in [2.05, 4.69) is 46.3 Å². The monoisotopic (exact) mass is 525 g/mol. The highest BCUT2D eigenvalue weighted by Gasteiger charge is 2.34. The van der Waals surface area contributed by atoms with Gasteiger partial charge in [-0.25, -0.2) is 4.98 Å². The zero-order valence-corrected chi connectivity index (χ0v) is 22.0. The van der Waals surface area contributed by atoms with Gasteiger partial charge in [-0.3, -0.25) is 9.11 Å². The predicted octanol–water partition coefficient (Wildman–Crippen LogP) is 3.65. The Morgan fingerprint density at radius 1 is 1.03 bits per heavy atom. The van der Waals surface area contributed by atoms with Crippen molar-refractivity contribution in [3.63, 3.8) is 0 Å². The Kier molecular flexibility index (Phi) is 6.42. The average molecular weight is 526 g/mol. The first kappa shape index (κ1) is 24.7. The molecule has 1 aromatic heterocycles. The number of fused-ring (bicyclic) bond motifs is 2. The van der Waals surface area contributed by atoms with Crippen LogP contribution in [0.5, 0.6) is 0 Å². The Bertz CT molecular complexity index is 1310. The first-order valence-corrected chi connectivity index (χ1v) is 14.5. The normalized spacial score (nSPS) is 21.6. The summed E-state index contributed by atoms with van der Waals surface area (Å²) in [5.74, 6) is 1.06. The molecule has 0 bridgehead atoms. The molecule has 0 amide bonds. The lowest BCUT2D eigenvalue weighted by Gasteiger charge is -2.38. The lowest BCUT2D eigenvalue weighted by molar-refractivity contribution is -0.0461. The number of nitrogens with zero attached hydrogens (tertiary/aromatic N) is 3. The quantitative estimate of drug-likeness (QED) is 0.396. The number of aryl methyl sites for hydroxylation is 1. The molecule has 3 aliphatic rings. The zero-order valence-electron chi connectivity index (χ0n) is 21.2. The number of aromatic nitrogens is 1. The molecule has 0 saturated carbocycles. The smallest absolute Gasteiger partial charge is 0.131 e. The van der Waals surface area contributed by atoms with Crippen molar-refractivity contribution in [3.05, 3.63) is 53.6 Å². The van der Waals surface area contributed by atoms with Crippen LogP contribution in [0.2, 0.25) is 0 Å². The molecular formula is C27H35N5O4S. The van der Waals surface area contributed by atoms with Crippen LogP contribution in [-0.4, -0.2) is 78.0 Å². The Balaban J connectivity index is 1.36. The highest BCUT2D eigenvalue weighted by Crippen LogP contribution is 2.52. The Hall–Kier alpha value is -2.60. The number of ether oxygens (including phenoxy) is 2. The second kappa shape index (κ2) is 9.61. The number of benzene rings is 2. The standard InChI is InChI=1S/C27H35N5O4S/c1-19-2-4-23-22(12-19)24(29-16-27(28)17-36-18-27)14-26(30-23)32-8-11-37(33,34)25-5-3-21(13-20(25)15-32)31-6-9-35-10-7-31/h2-5,12-14,33-34H,6-11,15-18,28H2,1H3,(H,29,30). The number of hydrogen-bond donors (Lipinski definition) is 4. The molecule has 198 valence electrons. The molecule has 2 fully saturated rings. The Morgan fingerprint density at radius 2 is 1.84 bits per heavy atom. The van der Waals surface area contributed by atoms with Crippen LogP contribution >= 0.6 is 10.6 Å². The fourth-order valence-electron chi connectivity index (χ4n) is 5.23. The molecule has 2 saturated heterocycles. The third kappa shape index (κ3) is 4.97. The van der Waals surface area contributed by atoms with E-state index in [4.69, 9.17) is 20.2 Å². The fraction of sp³-hybridized carbons (Fsp3) is 0.444. The van der Waals surface area contributed by atoms with E-state index < -0.39 is 10.6 Å². The van der Waals surface area contributed by atoms with Crippen LogP contribution in [-0.2, 0) is 16.0 Å². The summed E-state index contributed by atoms with van der Waals surface area (Å²) in [5, 5.41) is 4.60. The number of rotatable bonds is 5. The molecule has 5 N–H and O–H groups in total. The molecule has 4 heterocycles. The van der Waals surface area contributed by atoms with Crippen LogP contribution in [0, 0.1) is 6.92 Å². The molecule has 0 radical (unpaired) electrons. The van der Waals surface area contributed by atoms with Gasteiger partial charge in [-0.2, -0.15) is 10.6 Å². The van der Waals surface area contributed by atoms with Crippen molar-refractivity contribution in [2.75, 3.05) is 73.5 Å². The molecule has 37 heavy (non-hydrogen) atoms. The SMILES string of the molecule is Cc1ccc2nc(N3CCS(O)(O)c4ccc(N5CCOCC5)cc4C3)cc(NCC3(N)COC3)c2c1. The van der Waals surface area contributed by atoms with Crippen molar-refractivity contribution in [2.45, 2.75) is 23.9 Å². The van der Waals surface area contributed by atoms with E-state index in [1.54, 1.807) is 0 Å². The number of nitrogens with two attached hydrogens (primary N) is 1. The number of nitrogens with one attached hydrogen (secondary N) is 1. The summed E-state index contributed by atoms with van der Waals surface area (Å²) >= 11 is 0. The molecule has 10 heteroatoms. The van der Waals surface area contributed by atoms with Gasteiger partial charge in [-0.1, -0.05) is 11.6 Å². The Labute approximate surface area is 218 Å². The third-order valence-corrected chi connectivity index (χ3v) is 9.32. The van der Waals surface area contributed by atoms with Crippen molar-refractivity contribution in [1.82, 2.24) is 4.98 Å². The molecule has 0 aliphatic carbocycles. The first-order chi connectivity index (χ1) is 17.8. The Morgan fingerprint density at radius 3 is 2.59 bits per heavy atom. The molecule has 3 aromatic rings. The maximum absolute atomic E-state index is 11.1. The molecule has 3 aliphatic heterocycles. The molecule has 9 nitrogen and oxygen atoms in total. The summed E-state index contributed by atoms with van der Waals surface area (Å²) in [5.41, 5.74) is 11.1. The minimum atomic E-state index is -2.91. The molecule has 0 unspecified atom stereocenters. The molecule has 6 rings (SSSR count). The van der Waals surface area contributed by atoms with Crippen LogP contribution in [0.25, 0.3) is 10.9 Å². The number of hydrogen-bond acceptors (Lipinski definition) is 9. The maximum Gasteiger partial charge on any atom is 0.131 e. The fourth-order valence-corrected chi connectivity index (χ4v) is 6.75. The van der Waals surface area contributed by atoms with E-state index in [0.717, 1.165) is 52.3 Å². The summed E-state index contributed by atoms with van der Waals surface area (Å²) in [7, 11) is -2.91. The first-order valence-electron chi connectivity index (χ1n) is 12.8. The molecule has 0 atom stereocenters. The van der Waals surface area contributed by atoms with Crippen molar-refractivity contribution in [2.24, 2.45) is 5.73 Å². The van der Waals surface area contributed by atoms with Crippen LogP contribution in [0.4, 0.5) is 17.2 Å². The van der Waals surface area contributed by atoms with Crippen molar-refractivity contribution < 1.29 is 18.6 Å². The van der Waals surface area contributed by atoms with E-state index in [0.29, 0.717) is 51.0 Å². The number of anilines is 3. The van der Waals surface area contributed by atoms with Gasteiger partial charge in [0.25, 0.3) is 0 Å². The summed E-state index contributed by atoms with van der Waals surface area (Å²) in [6.45, 7) is 7.85. The van der Waals surface area contributed by atoms with Crippen molar-refractivity contribution >= 4 is 38.7 Å². The topological polar surface area (TPSA) is 116 Å². The minimum Gasteiger partial charge on any atom is -0.382 e. The third-order valence-electron chi connectivity index (χ3n) is 7.46. The highest BCUT2D eigenvalue weighted by atomic mass is 32.3. The van der Waals surface area contributed by atoms with Crippen molar-refractivity contribution in [1.29, 1.82) is 0 Å². The van der Waals surface area contributed by atoms with Gasteiger partial charge in [0, 0.05) is 55.6 Å². The van der Waals surface area contributed by atoms with Crippen molar-refractivity contribution in [3.8, 4) is 0 Å². The zero-order chi connectivity index (χ0) is 25.6. The summed E-state index contributed by atoms with van der Waals surface area (Å²) < 4.78 is 33.0. The van der Waals surface area contributed by atoms with E-state index in [1.807, 2.05) is 18.2 Å². The van der Waals surface area contributed by atoms with Gasteiger partial charge in [-0.05, 0) is 42.8 Å². The van der Waals surface area contributed by atoms with Crippen LogP contribution in [0.3, 0.4) is 0 Å². The number of pyridine rings is 1. The van der Waals surface area contributed by atoms with Gasteiger partial charge in [-0.15, -0.1) is 0 Å². The summed E-state index contributed by atoms with van der Waals surface area (Å²) in [4.78, 5) is 10.1. The van der Waals surface area contributed by atoms with Crippen LogP contribution < -0.4 is 20.9 Å². The largest absolute Gasteiger partial charge is 0.382 e. The van der Waals surface area contributed by atoms with E-state index in [9.17, 15) is 9.11 Å². The average Bonchev–Trinajstić information content (AvgIpc) is 3.02. The van der Waals surface area contributed by atoms with E-state index in [-0.39, 0.29) is 11.3 Å². The second-order valence-electron chi connectivity index (χ2n) is 10.4. The minimum absolute atomic E-state index is 0.260. The maximum atomic E-state index is 11.1. The summed E-state index contributed by atoms with van der Waals surface area (Å²) in [6, 6.07) is 14.3. The lowest BCUT2D eigenvalue weighted by atomic mass is 9.99. The predicted molar refractivity (Wildman–Crippen MR) is 149 cm³/mol. The summed E-state index contributed by atoms with van der Waals surface area (Å²) in [6.07, 6.45) is 0. The molecule has 2 aromatic carbocycles. The van der Waals surface area contributed by atoms with Gasteiger partial charge in [0.15, 0.2) is 0 Å². The van der Waals surface area contributed by atoms with E-state index >= 15 is 0 Å². The van der Waals surface area contributed by atoms with Gasteiger partial charge in [0.2, 0.25) is 0 Å². The van der Waals surface area contributed by atoms with Gasteiger partial charge < -0.3 is 30.3 Å². The molecular weight excluding hydrogens is 490 g/mol. The highest BCUT2D eigenvalue weighted by molar-refractivity contribution is 8.24. The lowest BCUT2D eigenvalue weighted by Crippen LogP contribution is -2.61. The number of morpholine rings is 1. The van der Waals surface area contributed by atoms with Gasteiger partial charge in [0.1, 0.15) is 5.82 Å².